The van der Waals surface area contributed by atoms with Gasteiger partial charge in [-0.15, -0.1) is 0 Å². The predicted octanol–water partition coefficient (Wildman–Crippen LogP) is 3.27. The van der Waals surface area contributed by atoms with E-state index in [0.29, 0.717) is 112 Å². The molecule has 0 heterocycles. The molecule has 0 radical (unpaired) electrons. The number of benzene rings is 1. The number of ether oxygens (including phenoxy) is 12. The maximum absolute atomic E-state index is 13.5. The molecule has 0 bridgehead atoms. The van der Waals surface area contributed by atoms with E-state index in [-0.39, 0.29) is 32.5 Å². The third kappa shape index (κ3) is 24.2. The van der Waals surface area contributed by atoms with Gasteiger partial charge in [-0.05, 0) is 13.8 Å². The lowest BCUT2D eigenvalue weighted by Gasteiger charge is -2.09. The van der Waals surface area contributed by atoms with Gasteiger partial charge in [0.25, 0.3) is 0 Å². The fourth-order valence-corrected chi connectivity index (χ4v) is 3.42. The highest BCUT2D eigenvalue weighted by Gasteiger charge is 2.28. The van der Waals surface area contributed by atoms with Crippen LogP contribution in [0.1, 0.15) is 20.3 Å². The van der Waals surface area contributed by atoms with Gasteiger partial charge in [-0.2, -0.15) is 8.78 Å². The monoisotopic (exact) mass is 738 g/mol. The number of hydrogen-bond acceptors (Lipinski definition) is 13. The van der Waals surface area contributed by atoms with Gasteiger partial charge in [0.15, 0.2) is 0 Å². The van der Waals surface area contributed by atoms with Crippen molar-refractivity contribution in [2.24, 2.45) is 0 Å². The Morgan fingerprint density at radius 3 is 0.920 bits per heavy atom. The lowest BCUT2D eigenvalue weighted by Crippen LogP contribution is -2.16. The van der Waals surface area contributed by atoms with Crippen LogP contribution in [0.4, 0.5) is 22.0 Å². The van der Waals surface area contributed by atoms with Crippen LogP contribution in [0, 0.1) is 29.1 Å². The Balaban J connectivity index is 1.74. The van der Waals surface area contributed by atoms with E-state index < -0.39 is 47.2 Å². The molecule has 292 valence electrons. The Hall–Kier alpha value is -2.10. The van der Waals surface area contributed by atoms with Crippen LogP contribution in [-0.4, -0.2) is 151 Å². The minimum Gasteiger partial charge on any atom is -0.420 e. The summed E-state index contributed by atoms with van der Waals surface area (Å²) in [5, 5.41) is 0. The second-order valence-corrected chi connectivity index (χ2v) is 10.2. The van der Waals surface area contributed by atoms with Gasteiger partial charge in [-0.25, -0.2) is 13.2 Å². The van der Waals surface area contributed by atoms with Crippen LogP contribution in [0.3, 0.4) is 0 Å². The summed E-state index contributed by atoms with van der Waals surface area (Å²) in [4.78, 5) is 11.6. The number of carbonyl (C=O) groups excluding carboxylic acids is 1. The Kier molecular flexibility index (Phi) is 29.0. The Bertz CT molecular complexity index is 965. The highest BCUT2D eigenvalue weighted by atomic mass is 19.2. The highest BCUT2D eigenvalue weighted by Crippen LogP contribution is 2.29. The zero-order valence-corrected chi connectivity index (χ0v) is 28.8. The zero-order valence-electron chi connectivity index (χ0n) is 28.8. The summed E-state index contributed by atoms with van der Waals surface area (Å²) in [7, 11) is 0. The first-order valence-corrected chi connectivity index (χ1v) is 16.4. The van der Waals surface area contributed by atoms with E-state index in [0.717, 1.165) is 0 Å². The number of esters is 1. The SMILES string of the molecule is CC(C)OCCOCCOCCOCCOCCOCCOCCOCCOCCOCCOCCC(=O)Oc1c(F)c(F)c(F)c(F)c1F. The Morgan fingerprint density at radius 2 is 0.640 bits per heavy atom. The van der Waals surface area contributed by atoms with Crippen LogP contribution in [0.5, 0.6) is 5.75 Å². The molecule has 0 N–H and O–H groups in total. The summed E-state index contributed by atoms with van der Waals surface area (Å²) in [5.74, 6) is -14.1. The maximum atomic E-state index is 13.5. The van der Waals surface area contributed by atoms with Crippen molar-refractivity contribution in [1.82, 2.24) is 0 Å². The molecule has 0 saturated carbocycles. The average Bonchev–Trinajstić information content (AvgIpc) is 3.10. The standard InChI is InChI=1S/C32H51F5O13/c1-25(2)49-24-23-48-22-21-47-20-19-46-18-17-45-16-15-44-14-13-43-12-11-42-10-9-41-8-7-40-6-5-39-4-3-26(38)50-32-30(36)28(34)27(33)29(35)31(32)37/h25H,3-24H2,1-2H3. The van der Waals surface area contributed by atoms with Crippen molar-refractivity contribution in [2.45, 2.75) is 26.4 Å². The first-order valence-electron chi connectivity index (χ1n) is 16.4. The smallest absolute Gasteiger partial charge is 0.313 e. The molecule has 0 atom stereocenters. The van der Waals surface area contributed by atoms with Crippen LogP contribution < -0.4 is 4.74 Å². The van der Waals surface area contributed by atoms with Gasteiger partial charge in [-0.1, -0.05) is 0 Å². The number of hydrogen-bond donors (Lipinski definition) is 0. The lowest BCUT2D eigenvalue weighted by molar-refractivity contribution is -0.136. The van der Waals surface area contributed by atoms with Gasteiger partial charge in [-0.3, -0.25) is 4.79 Å². The summed E-state index contributed by atoms with van der Waals surface area (Å²) >= 11 is 0. The molecule has 1 aromatic rings. The van der Waals surface area contributed by atoms with Crippen LogP contribution in [0.2, 0.25) is 0 Å². The first-order chi connectivity index (χ1) is 24.3. The van der Waals surface area contributed by atoms with Gasteiger partial charge in [0.2, 0.25) is 34.8 Å². The molecule has 13 nitrogen and oxygen atoms in total. The first kappa shape index (κ1) is 45.9. The molecule has 0 fully saturated rings. The summed E-state index contributed by atoms with van der Waals surface area (Å²) in [5.41, 5.74) is 0. The minimum absolute atomic E-state index is 0.0812. The summed E-state index contributed by atoms with van der Waals surface area (Å²) in [6, 6.07) is 0. The molecule has 1 aromatic carbocycles. The van der Waals surface area contributed by atoms with Crippen molar-refractivity contribution >= 4 is 5.97 Å². The van der Waals surface area contributed by atoms with E-state index in [4.69, 9.17) is 52.1 Å². The van der Waals surface area contributed by atoms with Crippen LogP contribution in [-0.2, 0) is 56.9 Å². The molecule has 0 spiro atoms. The molecular weight excluding hydrogens is 687 g/mol. The molecule has 18 heteroatoms. The average molecular weight is 739 g/mol. The largest absolute Gasteiger partial charge is 0.420 e. The quantitative estimate of drug-likeness (QED) is 0.0253. The number of rotatable bonds is 35. The van der Waals surface area contributed by atoms with Crippen molar-refractivity contribution in [3.05, 3.63) is 29.1 Å². The molecule has 0 aliphatic heterocycles. The molecule has 0 amide bonds. The van der Waals surface area contributed by atoms with Crippen molar-refractivity contribution < 1.29 is 83.6 Å². The maximum Gasteiger partial charge on any atom is 0.313 e. The zero-order chi connectivity index (χ0) is 36.7. The van der Waals surface area contributed by atoms with E-state index in [2.05, 4.69) is 4.74 Å². The summed E-state index contributed by atoms with van der Waals surface area (Å²) in [6.45, 7) is 12.0. The van der Waals surface area contributed by atoms with E-state index in [1.165, 1.54) is 0 Å². The van der Waals surface area contributed by atoms with Gasteiger partial charge < -0.3 is 56.8 Å². The van der Waals surface area contributed by atoms with Crippen LogP contribution >= 0.6 is 0 Å². The van der Waals surface area contributed by atoms with Gasteiger partial charge >= 0.3 is 5.97 Å². The summed E-state index contributed by atoms with van der Waals surface area (Å²) < 4.78 is 130. The molecule has 0 aliphatic carbocycles. The van der Waals surface area contributed by atoms with E-state index in [1.807, 2.05) is 13.8 Å². The third-order valence-electron chi connectivity index (χ3n) is 5.86. The number of carbonyl (C=O) groups is 1. The van der Waals surface area contributed by atoms with Gasteiger partial charge in [0.05, 0.1) is 151 Å². The fraction of sp³-hybridized carbons (Fsp3) is 0.781. The molecule has 0 unspecified atom stereocenters. The third-order valence-corrected chi connectivity index (χ3v) is 5.86. The molecular formula is C32H51F5O13. The number of halogens is 5. The van der Waals surface area contributed by atoms with E-state index >= 15 is 0 Å². The summed E-state index contributed by atoms with van der Waals surface area (Å²) in [6.07, 6.45) is -0.279. The Morgan fingerprint density at radius 1 is 0.400 bits per heavy atom. The predicted molar refractivity (Wildman–Crippen MR) is 166 cm³/mol. The van der Waals surface area contributed by atoms with E-state index in [9.17, 15) is 26.7 Å². The van der Waals surface area contributed by atoms with Crippen LogP contribution in [0.15, 0.2) is 0 Å². The Labute approximate surface area is 289 Å². The van der Waals surface area contributed by atoms with Crippen molar-refractivity contribution in [1.29, 1.82) is 0 Å². The lowest BCUT2D eigenvalue weighted by atomic mass is 10.2. The molecule has 50 heavy (non-hydrogen) atoms. The molecule has 0 saturated heterocycles. The normalized spacial score (nSPS) is 11.6. The molecule has 1 rings (SSSR count). The second-order valence-electron chi connectivity index (χ2n) is 10.2. The van der Waals surface area contributed by atoms with Crippen molar-refractivity contribution in [2.75, 3.05) is 139 Å². The second kappa shape index (κ2) is 31.6. The minimum atomic E-state index is -2.35. The van der Waals surface area contributed by atoms with Crippen LogP contribution in [0.25, 0.3) is 0 Å². The highest BCUT2D eigenvalue weighted by molar-refractivity contribution is 5.72. The van der Waals surface area contributed by atoms with E-state index in [1.54, 1.807) is 0 Å². The van der Waals surface area contributed by atoms with Crippen molar-refractivity contribution in [3.63, 3.8) is 0 Å². The topological polar surface area (TPSA) is 128 Å². The van der Waals surface area contributed by atoms with Crippen molar-refractivity contribution in [3.8, 4) is 5.75 Å². The fourth-order valence-electron chi connectivity index (χ4n) is 3.42. The van der Waals surface area contributed by atoms with Gasteiger partial charge in [0.1, 0.15) is 0 Å². The van der Waals surface area contributed by atoms with Gasteiger partial charge in [0, 0.05) is 0 Å². The molecule has 0 aliphatic rings. The molecule has 0 aromatic heterocycles.